The number of ketones is 2. The van der Waals surface area contributed by atoms with Crippen LogP contribution in [0.1, 0.15) is 43.0 Å². The van der Waals surface area contributed by atoms with Crippen molar-refractivity contribution in [1.82, 2.24) is 0 Å². The van der Waals surface area contributed by atoms with E-state index in [1.54, 1.807) is 30.3 Å². The lowest BCUT2D eigenvalue weighted by atomic mass is 9.88. The zero-order valence-corrected chi connectivity index (χ0v) is 16.2. The minimum atomic E-state index is -0.171. The Labute approximate surface area is 168 Å². The zero-order chi connectivity index (χ0) is 20.1. The average molecular weight is 378 g/mol. The Morgan fingerprint density at radius 2 is 1.45 bits per heavy atom. The van der Waals surface area contributed by atoms with Crippen LogP contribution in [0.5, 0.6) is 0 Å². The first-order valence-corrected chi connectivity index (χ1v) is 9.53. The number of aryl methyl sites for hydroxylation is 2. The molecule has 0 atom stereocenters. The molecule has 0 radical (unpaired) electrons. The molecule has 0 unspecified atom stereocenters. The molecule has 3 heteroatoms. The number of hydrogen-bond donors (Lipinski definition) is 0. The van der Waals surface area contributed by atoms with Crippen molar-refractivity contribution in [2.75, 3.05) is 0 Å². The van der Waals surface area contributed by atoms with Gasteiger partial charge in [0.05, 0.1) is 0 Å². The van der Waals surface area contributed by atoms with Gasteiger partial charge in [-0.3, -0.25) is 9.59 Å². The molecule has 140 valence electrons. The van der Waals surface area contributed by atoms with Crippen molar-refractivity contribution in [1.29, 1.82) is 0 Å². The third kappa shape index (κ3) is 2.74. The summed E-state index contributed by atoms with van der Waals surface area (Å²) in [5.41, 5.74) is 6.05. The van der Waals surface area contributed by atoms with E-state index in [9.17, 15) is 9.59 Å². The lowest BCUT2D eigenvalue weighted by molar-refractivity contribution is 0.101. The molecule has 0 spiro atoms. The van der Waals surface area contributed by atoms with Crippen LogP contribution in [-0.4, -0.2) is 11.6 Å². The molecule has 0 fully saturated rings. The van der Waals surface area contributed by atoms with Gasteiger partial charge >= 0.3 is 0 Å². The first kappa shape index (κ1) is 17.4. The topological polar surface area (TPSA) is 47.3 Å². The highest BCUT2D eigenvalue weighted by atomic mass is 16.3. The van der Waals surface area contributed by atoms with Crippen LogP contribution in [0.15, 0.2) is 71.2 Å². The number of carbonyl (C=O) groups excluding carboxylic acids is 2. The minimum Gasteiger partial charge on any atom is -0.455 e. The molecule has 3 aromatic carbocycles. The first-order chi connectivity index (χ1) is 14.0. The third-order valence-electron chi connectivity index (χ3n) is 5.41. The third-order valence-corrected chi connectivity index (χ3v) is 5.41. The molecule has 4 aromatic rings. The molecule has 1 aromatic heterocycles. The van der Waals surface area contributed by atoms with E-state index in [4.69, 9.17) is 4.42 Å². The Kier molecular flexibility index (Phi) is 3.85. The Balaban J connectivity index is 1.73. The smallest absolute Gasteiger partial charge is 0.193 e. The monoisotopic (exact) mass is 378 g/mol. The molecule has 29 heavy (non-hydrogen) atoms. The fraction of sp³-hybridized carbons (Fsp3) is 0.0769. The van der Waals surface area contributed by atoms with E-state index in [0.29, 0.717) is 33.4 Å². The van der Waals surface area contributed by atoms with Crippen LogP contribution in [0.2, 0.25) is 0 Å². The molecule has 3 nitrogen and oxygen atoms in total. The summed E-state index contributed by atoms with van der Waals surface area (Å²) >= 11 is 0. The summed E-state index contributed by atoms with van der Waals surface area (Å²) in [4.78, 5) is 26.0. The number of allylic oxidation sites excluding steroid dienone is 1. The van der Waals surface area contributed by atoms with Gasteiger partial charge in [-0.15, -0.1) is 0 Å². The van der Waals surface area contributed by atoms with Crippen molar-refractivity contribution in [2.24, 2.45) is 0 Å². The Hall–Kier alpha value is -3.72. The van der Waals surface area contributed by atoms with Gasteiger partial charge in [-0.2, -0.15) is 0 Å². The maximum absolute atomic E-state index is 13.2. The maximum atomic E-state index is 13.2. The zero-order valence-electron chi connectivity index (χ0n) is 16.2. The summed E-state index contributed by atoms with van der Waals surface area (Å²) in [6, 6.07) is 18.9. The van der Waals surface area contributed by atoms with Crippen molar-refractivity contribution < 1.29 is 14.0 Å². The van der Waals surface area contributed by atoms with Crippen LogP contribution in [0.3, 0.4) is 0 Å². The van der Waals surface area contributed by atoms with Crippen molar-refractivity contribution in [3.63, 3.8) is 0 Å². The van der Waals surface area contributed by atoms with Gasteiger partial charge in [0.25, 0.3) is 0 Å². The Bertz CT molecular complexity index is 1320. The SMILES string of the molecule is Cc1ccc(C(=O)c2ccc3oc(-c4ccc(C)cc4)c4c3c2C(=O)C=C4)cc1. The molecule has 0 aliphatic heterocycles. The molecule has 0 saturated heterocycles. The molecule has 1 aliphatic rings. The van der Waals surface area contributed by atoms with Gasteiger partial charge in [-0.1, -0.05) is 59.7 Å². The lowest BCUT2D eigenvalue weighted by Crippen LogP contribution is -2.11. The van der Waals surface area contributed by atoms with Crippen molar-refractivity contribution in [2.45, 2.75) is 13.8 Å². The van der Waals surface area contributed by atoms with E-state index in [-0.39, 0.29) is 11.6 Å². The standard InChI is InChI=1S/C26H18O3/c1-15-3-7-17(8-4-15)25(28)19-12-14-22-24-20(11-13-21(27)23(19)24)26(29-22)18-9-5-16(2)6-10-18/h3-14H,1-2H3. The van der Waals surface area contributed by atoms with Crippen molar-refractivity contribution in [3.8, 4) is 11.3 Å². The predicted molar refractivity (Wildman–Crippen MR) is 114 cm³/mol. The van der Waals surface area contributed by atoms with Gasteiger partial charge in [0.1, 0.15) is 11.3 Å². The Morgan fingerprint density at radius 1 is 0.793 bits per heavy atom. The second-order valence-electron chi connectivity index (χ2n) is 7.46. The van der Waals surface area contributed by atoms with Crippen LogP contribution < -0.4 is 0 Å². The molecule has 5 rings (SSSR count). The van der Waals surface area contributed by atoms with E-state index in [2.05, 4.69) is 0 Å². The normalized spacial score (nSPS) is 12.6. The second-order valence-corrected chi connectivity index (χ2v) is 7.46. The first-order valence-electron chi connectivity index (χ1n) is 9.53. The molecular formula is C26H18O3. The van der Waals surface area contributed by atoms with E-state index in [1.807, 2.05) is 50.2 Å². The highest BCUT2D eigenvalue weighted by Crippen LogP contribution is 2.40. The minimum absolute atomic E-state index is 0.158. The molecule has 1 aliphatic carbocycles. The highest BCUT2D eigenvalue weighted by molar-refractivity contribution is 6.27. The second kappa shape index (κ2) is 6.42. The van der Waals surface area contributed by atoms with E-state index >= 15 is 0 Å². The molecule has 0 N–H and O–H groups in total. The number of benzene rings is 3. The lowest BCUT2D eigenvalue weighted by Gasteiger charge is -2.11. The van der Waals surface area contributed by atoms with Crippen LogP contribution in [0.4, 0.5) is 0 Å². The average Bonchev–Trinajstić information content (AvgIpc) is 3.11. The largest absolute Gasteiger partial charge is 0.455 e. The van der Waals surface area contributed by atoms with Crippen molar-refractivity contribution >= 4 is 28.6 Å². The van der Waals surface area contributed by atoms with Gasteiger partial charge in [0, 0.05) is 33.2 Å². The number of rotatable bonds is 3. The number of furan rings is 1. The molecular weight excluding hydrogens is 360 g/mol. The molecule has 1 heterocycles. The van der Waals surface area contributed by atoms with Crippen LogP contribution in [-0.2, 0) is 0 Å². The van der Waals surface area contributed by atoms with E-state index in [1.165, 1.54) is 6.08 Å². The van der Waals surface area contributed by atoms with E-state index in [0.717, 1.165) is 22.3 Å². The number of carbonyl (C=O) groups is 2. The summed E-state index contributed by atoms with van der Waals surface area (Å²) in [5, 5.41) is 0.714. The van der Waals surface area contributed by atoms with Crippen molar-refractivity contribution in [3.05, 3.63) is 100 Å². The van der Waals surface area contributed by atoms with Gasteiger partial charge in [-0.25, -0.2) is 0 Å². The van der Waals surface area contributed by atoms with Gasteiger partial charge in [-0.05, 0) is 38.1 Å². The summed E-state index contributed by atoms with van der Waals surface area (Å²) in [6.45, 7) is 4.01. The fourth-order valence-electron chi connectivity index (χ4n) is 3.84. The summed E-state index contributed by atoms with van der Waals surface area (Å²) in [5.74, 6) is 0.384. The van der Waals surface area contributed by atoms with Gasteiger partial charge in [0.2, 0.25) is 0 Å². The van der Waals surface area contributed by atoms with Crippen LogP contribution in [0, 0.1) is 13.8 Å². The molecule has 0 bridgehead atoms. The maximum Gasteiger partial charge on any atom is 0.193 e. The molecule has 0 amide bonds. The summed E-state index contributed by atoms with van der Waals surface area (Å²) in [6.07, 6.45) is 3.31. The van der Waals surface area contributed by atoms with Gasteiger partial charge < -0.3 is 4.42 Å². The van der Waals surface area contributed by atoms with Gasteiger partial charge in [0.15, 0.2) is 11.6 Å². The predicted octanol–water partition coefficient (Wildman–Crippen LogP) is 6.16. The fourth-order valence-corrected chi connectivity index (χ4v) is 3.84. The quantitative estimate of drug-likeness (QED) is 0.401. The summed E-state index contributed by atoms with van der Waals surface area (Å²) < 4.78 is 6.13. The van der Waals surface area contributed by atoms with E-state index < -0.39 is 0 Å². The molecule has 0 saturated carbocycles. The highest BCUT2D eigenvalue weighted by Gasteiger charge is 2.28. The van der Waals surface area contributed by atoms with Crippen LogP contribution >= 0.6 is 0 Å². The summed E-state index contributed by atoms with van der Waals surface area (Å²) in [7, 11) is 0. The Morgan fingerprint density at radius 3 is 2.14 bits per heavy atom. The number of hydrogen-bond acceptors (Lipinski definition) is 3. The van der Waals surface area contributed by atoms with Crippen LogP contribution in [0.25, 0.3) is 28.4 Å².